The summed E-state index contributed by atoms with van der Waals surface area (Å²) >= 11 is 1.54. The minimum absolute atomic E-state index is 0.156. The number of rotatable bonds is 5. The van der Waals surface area contributed by atoms with Gasteiger partial charge < -0.3 is 5.32 Å². The minimum Gasteiger partial charge on any atom is -0.321 e. The van der Waals surface area contributed by atoms with Gasteiger partial charge in [-0.15, -0.1) is 11.8 Å². The molecule has 0 fully saturated rings. The quantitative estimate of drug-likeness (QED) is 0.842. The Morgan fingerprint density at radius 3 is 2.22 bits per heavy atom. The molecular formula is C16H18N2O3S2. The highest BCUT2D eigenvalue weighted by Gasteiger charge is 2.17. The lowest BCUT2D eigenvalue weighted by Gasteiger charge is -2.12. The molecule has 0 bridgehead atoms. The van der Waals surface area contributed by atoms with Crippen molar-refractivity contribution in [2.75, 3.05) is 25.7 Å². The molecule has 0 saturated heterocycles. The average Bonchev–Trinajstić information content (AvgIpc) is 2.55. The molecule has 0 aliphatic rings. The molecular weight excluding hydrogens is 332 g/mol. The average molecular weight is 350 g/mol. The van der Waals surface area contributed by atoms with Crippen LogP contribution in [0.25, 0.3) is 0 Å². The SMILES string of the molecule is CSc1ccccc1NC(=O)c1ccc(S(=O)(=O)N(C)C)cc1. The van der Waals surface area contributed by atoms with E-state index in [-0.39, 0.29) is 10.8 Å². The maximum Gasteiger partial charge on any atom is 0.255 e. The molecule has 0 spiro atoms. The lowest BCUT2D eigenvalue weighted by molar-refractivity contribution is 0.102. The smallest absolute Gasteiger partial charge is 0.255 e. The predicted octanol–water partition coefficient (Wildman–Crippen LogP) is 2.91. The van der Waals surface area contributed by atoms with Crippen molar-refractivity contribution in [2.45, 2.75) is 9.79 Å². The first kappa shape index (κ1) is 17.5. The van der Waals surface area contributed by atoms with Crippen molar-refractivity contribution in [2.24, 2.45) is 0 Å². The van der Waals surface area contributed by atoms with Crippen molar-refractivity contribution in [3.05, 3.63) is 54.1 Å². The predicted molar refractivity (Wildman–Crippen MR) is 93.5 cm³/mol. The number of sulfonamides is 1. The molecule has 0 aromatic heterocycles. The molecule has 0 aliphatic carbocycles. The van der Waals surface area contributed by atoms with Crippen molar-refractivity contribution < 1.29 is 13.2 Å². The Kier molecular flexibility index (Phi) is 5.46. The first-order chi connectivity index (χ1) is 10.9. The van der Waals surface area contributed by atoms with E-state index in [0.717, 1.165) is 14.9 Å². The van der Waals surface area contributed by atoms with Crippen LogP contribution in [0.5, 0.6) is 0 Å². The molecule has 122 valence electrons. The molecule has 0 unspecified atom stereocenters. The number of hydrogen-bond acceptors (Lipinski definition) is 4. The Labute approximate surface area is 140 Å². The van der Waals surface area contributed by atoms with E-state index in [1.165, 1.54) is 38.4 Å². The first-order valence-corrected chi connectivity index (χ1v) is 9.49. The van der Waals surface area contributed by atoms with E-state index in [2.05, 4.69) is 5.32 Å². The van der Waals surface area contributed by atoms with E-state index in [0.29, 0.717) is 5.56 Å². The fourth-order valence-electron chi connectivity index (χ4n) is 1.93. The second-order valence-electron chi connectivity index (χ2n) is 4.97. The number of carbonyl (C=O) groups is 1. The summed E-state index contributed by atoms with van der Waals surface area (Å²) in [6.07, 6.45) is 1.94. The highest BCUT2D eigenvalue weighted by atomic mass is 32.2. The summed E-state index contributed by atoms with van der Waals surface area (Å²) in [7, 11) is -0.556. The van der Waals surface area contributed by atoms with E-state index in [1.807, 2.05) is 30.5 Å². The van der Waals surface area contributed by atoms with Crippen molar-refractivity contribution >= 4 is 33.4 Å². The van der Waals surface area contributed by atoms with Gasteiger partial charge in [-0.25, -0.2) is 12.7 Å². The monoisotopic (exact) mass is 350 g/mol. The molecule has 1 N–H and O–H groups in total. The molecule has 2 aromatic rings. The summed E-state index contributed by atoms with van der Waals surface area (Å²) in [6, 6.07) is 13.4. The number of anilines is 1. The van der Waals surface area contributed by atoms with Gasteiger partial charge >= 0.3 is 0 Å². The molecule has 0 radical (unpaired) electrons. The van der Waals surface area contributed by atoms with Crippen LogP contribution >= 0.6 is 11.8 Å². The molecule has 0 atom stereocenters. The normalized spacial score (nSPS) is 11.5. The summed E-state index contributed by atoms with van der Waals surface area (Å²) in [5, 5.41) is 2.84. The van der Waals surface area contributed by atoms with Gasteiger partial charge in [-0.3, -0.25) is 4.79 Å². The molecule has 0 heterocycles. The number of nitrogens with one attached hydrogen (secondary N) is 1. The third-order valence-electron chi connectivity index (χ3n) is 3.25. The number of amides is 1. The summed E-state index contributed by atoms with van der Waals surface area (Å²) in [5.74, 6) is -0.277. The summed E-state index contributed by atoms with van der Waals surface area (Å²) in [4.78, 5) is 13.4. The summed E-state index contributed by atoms with van der Waals surface area (Å²) in [5.41, 5.74) is 1.13. The van der Waals surface area contributed by atoms with E-state index in [9.17, 15) is 13.2 Å². The lowest BCUT2D eigenvalue weighted by Crippen LogP contribution is -2.22. The summed E-state index contributed by atoms with van der Waals surface area (Å²) < 4.78 is 25.2. The summed E-state index contributed by atoms with van der Waals surface area (Å²) in [6.45, 7) is 0. The highest BCUT2D eigenvalue weighted by Crippen LogP contribution is 2.25. The van der Waals surface area contributed by atoms with E-state index < -0.39 is 10.0 Å². The second kappa shape index (κ2) is 7.16. The zero-order valence-corrected chi connectivity index (χ0v) is 14.7. The van der Waals surface area contributed by atoms with Gasteiger partial charge in [0.05, 0.1) is 10.6 Å². The molecule has 5 nitrogen and oxygen atoms in total. The van der Waals surface area contributed by atoms with Gasteiger partial charge in [-0.1, -0.05) is 12.1 Å². The Balaban J connectivity index is 2.21. The number of thioether (sulfide) groups is 1. The van der Waals surface area contributed by atoms with E-state index in [1.54, 1.807) is 11.8 Å². The fourth-order valence-corrected chi connectivity index (χ4v) is 3.39. The number of carbonyl (C=O) groups excluding carboxylic acids is 1. The molecule has 7 heteroatoms. The maximum absolute atomic E-state index is 12.3. The van der Waals surface area contributed by atoms with Gasteiger partial charge in [-0.2, -0.15) is 0 Å². The number of hydrogen-bond donors (Lipinski definition) is 1. The zero-order chi connectivity index (χ0) is 17.0. The van der Waals surface area contributed by atoms with Crippen LogP contribution in [0, 0.1) is 0 Å². The van der Waals surface area contributed by atoms with Crippen LogP contribution in [0.15, 0.2) is 58.3 Å². The molecule has 2 aromatic carbocycles. The van der Waals surface area contributed by atoms with E-state index >= 15 is 0 Å². The van der Waals surface area contributed by atoms with Gasteiger partial charge in [0.1, 0.15) is 0 Å². The third-order valence-corrected chi connectivity index (χ3v) is 5.88. The maximum atomic E-state index is 12.3. The van der Waals surface area contributed by atoms with Crippen LogP contribution in [-0.2, 0) is 10.0 Å². The van der Waals surface area contributed by atoms with Gasteiger partial charge in [-0.05, 0) is 42.7 Å². The Bertz CT molecular complexity index is 800. The van der Waals surface area contributed by atoms with Crippen molar-refractivity contribution in [3.63, 3.8) is 0 Å². The highest BCUT2D eigenvalue weighted by molar-refractivity contribution is 7.98. The van der Waals surface area contributed by atoms with Crippen LogP contribution in [-0.4, -0.2) is 39.0 Å². The molecule has 1 amide bonds. The first-order valence-electron chi connectivity index (χ1n) is 6.83. The number of para-hydroxylation sites is 1. The van der Waals surface area contributed by atoms with Crippen molar-refractivity contribution in [1.29, 1.82) is 0 Å². The van der Waals surface area contributed by atoms with Gasteiger partial charge in [0.25, 0.3) is 5.91 Å². The molecule has 23 heavy (non-hydrogen) atoms. The molecule has 0 aliphatic heterocycles. The van der Waals surface area contributed by atoms with Crippen molar-refractivity contribution in [1.82, 2.24) is 4.31 Å². The second-order valence-corrected chi connectivity index (χ2v) is 7.97. The number of benzene rings is 2. The van der Waals surface area contributed by atoms with Gasteiger partial charge in [0, 0.05) is 24.6 Å². The van der Waals surface area contributed by atoms with Crippen LogP contribution in [0.4, 0.5) is 5.69 Å². The van der Waals surface area contributed by atoms with Crippen LogP contribution in [0.2, 0.25) is 0 Å². The van der Waals surface area contributed by atoms with Crippen molar-refractivity contribution in [3.8, 4) is 0 Å². The Morgan fingerprint density at radius 2 is 1.65 bits per heavy atom. The third kappa shape index (κ3) is 3.93. The molecule has 2 rings (SSSR count). The Hall–Kier alpha value is -1.83. The lowest BCUT2D eigenvalue weighted by atomic mass is 10.2. The van der Waals surface area contributed by atoms with Crippen LogP contribution in [0.1, 0.15) is 10.4 Å². The fraction of sp³-hybridized carbons (Fsp3) is 0.188. The zero-order valence-electron chi connectivity index (χ0n) is 13.1. The largest absolute Gasteiger partial charge is 0.321 e. The minimum atomic E-state index is -3.49. The standard InChI is InChI=1S/C16H18N2O3S2/c1-18(2)23(20,21)13-10-8-12(9-11-13)16(19)17-14-6-4-5-7-15(14)22-3/h4-11H,1-3H3,(H,17,19). The topological polar surface area (TPSA) is 66.5 Å². The Morgan fingerprint density at radius 1 is 1.04 bits per heavy atom. The van der Waals surface area contributed by atoms with E-state index in [4.69, 9.17) is 0 Å². The van der Waals surface area contributed by atoms with Crippen LogP contribution < -0.4 is 5.32 Å². The van der Waals surface area contributed by atoms with Crippen LogP contribution in [0.3, 0.4) is 0 Å². The van der Waals surface area contributed by atoms with Gasteiger partial charge in [0.15, 0.2) is 0 Å². The van der Waals surface area contributed by atoms with Gasteiger partial charge in [0.2, 0.25) is 10.0 Å². The molecule has 0 saturated carbocycles. The number of nitrogens with zero attached hydrogens (tertiary/aromatic N) is 1.